The Morgan fingerprint density at radius 2 is 1.84 bits per heavy atom. The predicted molar refractivity (Wildman–Crippen MR) is 172 cm³/mol. The number of amides is 2. The summed E-state index contributed by atoms with van der Waals surface area (Å²) in [5.74, 6) is -0.174. The Morgan fingerprint density at radius 1 is 1.09 bits per heavy atom. The van der Waals surface area contributed by atoms with Crippen LogP contribution in [0.3, 0.4) is 0 Å². The monoisotopic (exact) mass is 632 g/mol. The van der Waals surface area contributed by atoms with E-state index in [-0.39, 0.29) is 24.1 Å². The van der Waals surface area contributed by atoms with Crippen LogP contribution in [0.4, 0.5) is 5.69 Å². The summed E-state index contributed by atoms with van der Waals surface area (Å²) in [6.45, 7) is 3.41. The molecule has 236 valence electrons. The average Bonchev–Trinajstić information content (AvgIpc) is 3.85. The number of hydrogen-bond donors (Lipinski definition) is 3. The zero-order valence-electron chi connectivity index (χ0n) is 25.7. The van der Waals surface area contributed by atoms with Crippen LogP contribution in [0.2, 0.25) is 5.02 Å². The Bertz CT molecular complexity index is 1660. The SMILES string of the molecule is COc1cc(-c2cccc(-c3cccc(NC(=O)C4=CN(C)C5OC5N(C)C4=O)c3C)c2Cl)ccc1CN[C@@H]1CCOC[C@@H]1O. The first-order chi connectivity index (χ1) is 21.7. The van der Waals surface area contributed by atoms with Gasteiger partial charge in [-0.1, -0.05) is 54.1 Å². The number of nitrogens with zero attached hydrogens (tertiary/aromatic N) is 2. The molecule has 2 amide bonds. The summed E-state index contributed by atoms with van der Waals surface area (Å²) in [6, 6.07) is 17.4. The molecular formula is C34H37ClN4O6. The molecule has 10 nitrogen and oxygen atoms in total. The molecule has 0 aliphatic carbocycles. The fourth-order valence-corrected chi connectivity index (χ4v) is 6.28. The molecule has 0 aromatic heterocycles. The molecule has 0 radical (unpaired) electrons. The fourth-order valence-electron chi connectivity index (χ4n) is 5.95. The van der Waals surface area contributed by atoms with Crippen molar-refractivity contribution in [1.82, 2.24) is 15.1 Å². The van der Waals surface area contributed by atoms with Gasteiger partial charge in [0.25, 0.3) is 11.8 Å². The minimum Gasteiger partial charge on any atom is -0.496 e. The van der Waals surface area contributed by atoms with Gasteiger partial charge in [0.05, 0.1) is 24.8 Å². The Hall–Kier alpha value is -3.93. The van der Waals surface area contributed by atoms with Crippen molar-refractivity contribution in [2.24, 2.45) is 0 Å². The maximum atomic E-state index is 13.3. The first-order valence-electron chi connectivity index (χ1n) is 14.9. The normalized spacial score (nSPS) is 22.8. The van der Waals surface area contributed by atoms with Gasteiger partial charge in [-0.3, -0.25) is 9.59 Å². The largest absolute Gasteiger partial charge is 0.496 e. The summed E-state index contributed by atoms with van der Waals surface area (Å²) in [5, 5.41) is 17.1. The van der Waals surface area contributed by atoms with Crippen LogP contribution in [0.1, 0.15) is 17.5 Å². The van der Waals surface area contributed by atoms with Gasteiger partial charge in [0.2, 0.25) is 0 Å². The highest BCUT2D eigenvalue weighted by molar-refractivity contribution is 6.36. The van der Waals surface area contributed by atoms with E-state index in [4.69, 9.17) is 25.8 Å². The van der Waals surface area contributed by atoms with Crippen molar-refractivity contribution in [2.75, 3.05) is 39.7 Å². The minimum absolute atomic E-state index is 0.0368. The zero-order chi connectivity index (χ0) is 31.8. The van der Waals surface area contributed by atoms with Gasteiger partial charge in [0.15, 0.2) is 12.5 Å². The lowest BCUT2D eigenvalue weighted by Crippen LogP contribution is -2.46. The number of likely N-dealkylation sites (N-methyl/N-ethyl adjacent to an activating group) is 2. The molecule has 0 saturated carbocycles. The van der Waals surface area contributed by atoms with E-state index in [0.29, 0.717) is 36.2 Å². The molecule has 3 N–H and O–H groups in total. The van der Waals surface area contributed by atoms with Crippen LogP contribution < -0.4 is 15.4 Å². The number of anilines is 1. The number of ether oxygens (including phenoxy) is 3. The Morgan fingerprint density at radius 3 is 2.62 bits per heavy atom. The first kappa shape index (κ1) is 31.1. The van der Waals surface area contributed by atoms with Crippen molar-refractivity contribution >= 4 is 29.1 Å². The van der Waals surface area contributed by atoms with Crippen LogP contribution in [-0.4, -0.2) is 85.7 Å². The number of aliphatic hydroxyl groups is 1. The van der Waals surface area contributed by atoms with Gasteiger partial charge < -0.3 is 39.8 Å². The fraction of sp³-hybridized carbons (Fsp3) is 0.353. The molecule has 2 unspecified atom stereocenters. The highest BCUT2D eigenvalue weighted by Crippen LogP contribution is 2.40. The summed E-state index contributed by atoms with van der Waals surface area (Å²) >= 11 is 7.07. The molecule has 3 aliphatic heterocycles. The van der Waals surface area contributed by atoms with Gasteiger partial charge in [-0.2, -0.15) is 0 Å². The number of hydrogen-bond acceptors (Lipinski definition) is 8. The number of halogens is 1. The lowest BCUT2D eigenvalue weighted by atomic mass is 9.94. The summed E-state index contributed by atoms with van der Waals surface area (Å²) < 4.78 is 16.6. The first-order valence-corrected chi connectivity index (χ1v) is 15.3. The van der Waals surface area contributed by atoms with E-state index >= 15 is 0 Å². The van der Waals surface area contributed by atoms with E-state index in [1.54, 1.807) is 32.2 Å². The summed E-state index contributed by atoms with van der Waals surface area (Å²) in [5.41, 5.74) is 5.79. The van der Waals surface area contributed by atoms with E-state index in [1.165, 1.54) is 11.1 Å². The number of carbonyl (C=O) groups is 2. The number of rotatable bonds is 8. The molecule has 3 aromatic carbocycles. The second-order valence-electron chi connectivity index (χ2n) is 11.6. The molecule has 45 heavy (non-hydrogen) atoms. The summed E-state index contributed by atoms with van der Waals surface area (Å²) in [6.07, 6.45) is 1.14. The number of benzene rings is 3. The van der Waals surface area contributed by atoms with Gasteiger partial charge in [-0.25, -0.2) is 0 Å². The van der Waals surface area contributed by atoms with Crippen molar-refractivity contribution in [3.05, 3.63) is 82.5 Å². The number of nitrogens with one attached hydrogen (secondary N) is 2. The highest BCUT2D eigenvalue weighted by Gasteiger charge is 2.50. The third kappa shape index (κ3) is 6.16. The highest BCUT2D eigenvalue weighted by atomic mass is 35.5. The smallest absolute Gasteiger partial charge is 0.262 e. The topological polar surface area (TPSA) is 116 Å². The van der Waals surface area contributed by atoms with E-state index in [2.05, 4.69) is 10.6 Å². The predicted octanol–water partition coefficient (Wildman–Crippen LogP) is 4.14. The van der Waals surface area contributed by atoms with Crippen molar-refractivity contribution in [2.45, 2.75) is 44.5 Å². The average molecular weight is 633 g/mol. The molecule has 3 aliphatic rings. The molecule has 2 fully saturated rings. The second kappa shape index (κ2) is 12.8. The number of aliphatic hydroxyl groups excluding tert-OH is 1. The molecule has 0 bridgehead atoms. The van der Waals surface area contributed by atoms with E-state index < -0.39 is 17.9 Å². The van der Waals surface area contributed by atoms with Crippen molar-refractivity contribution in [3.63, 3.8) is 0 Å². The lowest BCUT2D eigenvalue weighted by Gasteiger charge is -2.28. The van der Waals surface area contributed by atoms with E-state index in [9.17, 15) is 14.7 Å². The lowest BCUT2D eigenvalue weighted by molar-refractivity contribution is -0.129. The molecule has 0 spiro atoms. The van der Waals surface area contributed by atoms with Gasteiger partial charge in [-0.15, -0.1) is 0 Å². The van der Waals surface area contributed by atoms with Crippen molar-refractivity contribution in [3.8, 4) is 28.0 Å². The maximum Gasteiger partial charge on any atom is 0.262 e. The molecule has 11 heteroatoms. The quantitative estimate of drug-likeness (QED) is 0.251. The molecule has 2 saturated heterocycles. The second-order valence-corrected chi connectivity index (χ2v) is 12.0. The van der Waals surface area contributed by atoms with Gasteiger partial charge in [-0.05, 0) is 42.2 Å². The third-order valence-corrected chi connectivity index (χ3v) is 9.11. The number of methoxy groups -OCH3 is 1. The summed E-state index contributed by atoms with van der Waals surface area (Å²) in [4.78, 5) is 29.5. The summed E-state index contributed by atoms with van der Waals surface area (Å²) in [7, 11) is 5.05. The van der Waals surface area contributed by atoms with Gasteiger partial charge >= 0.3 is 0 Å². The van der Waals surface area contributed by atoms with Crippen LogP contribution in [0.15, 0.2) is 66.4 Å². The van der Waals surface area contributed by atoms with E-state index in [0.717, 1.165) is 39.8 Å². The van der Waals surface area contributed by atoms with Crippen LogP contribution in [0, 0.1) is 6.92 Å². The molecular weight excluding hydrogens is 596 g/mol. The van der Waals surface area contributed by atoms with Crippen LogP contribution in [0.5, 0.6) is 5.75 Å². The number of epoxide rings is 1. The Kier molecular flexibility index (Phi) is 8.85. The molecule has 4 atom stereocenters. The Labute approximate surface area is 267 Å². The van der Waals surface area contributed by atoms with Gasteiger partial charge in [0, 0.05) is 61.9 Å². The van der Waals surface area contributed by atoms with Crippen LogP contribution in [0.25, 0.3) is 22.3 Å². The Balaban J connectivity index is 1.24. The zero-order valence-corrected chi connectivity index (χ0v) is 26.4. The van der Waals surface area contributed by atoms with Crippen LogP contribution in [-0.2, 0) is 25.6 Å². The minimum atomic E-state index is -0.541. The maximum absolute atomic E-state index is 13.3. The van der Waals surface area contributed by atoms with Crippen molar-refractivity contribution in [1.29, 1.82) is 0 Å². The number of carbonyl (C=O) groups excluding carboxylic acids is 2. The van der Waals surface area contributed by atoms with Crippen molar-refractivity contribution < 1.29 is 28.9 Å². The third-order valence-electron chi connectivity index (χ3n) is 8.71. The molecule has 3 heterocycles. The van der Waals surface area contributed by atoms with Crippen LogP contribution >= 0.6 is 11.6 Å². The standard InChI is InChI=1S/C34H37ClN4O6/c1-19-22(7-6-10-26(19)37-31(41)25-17-38(2)33-34(45-33)39(3)32(25)42)24-9-5-8-23(30(24)35)20-11-12-21(29(15-20)43-4)16-36-27-13-14-44-18-28(27)40/h5-12,15,17,27-28,33-34,36,40H,13-14,16,18H2,1-4H3,(H,37,41)/t27-,28+,33?,34?/m1/s1. The molecule has 6 rings (SSSR count). The molecule has 3 aromatic rings. The van der Waals surface area contributed by atoms with Gasteiger partial charge in [0.1, 0.15) is 11.3 Å². The van der Waals surface area contributed by atoms with E-state index in [1.807, 2.05) is 55.5 Å². The number of fused-ring (bicyclic) bond motifs is 1.